The number of hydrogen-bond acceptors (Lipinski definition) is 5. The van der Waals surface area contributed by atoms with Gasteiger partial charge in [-0.3, -0.25) is 0 Å². The van der Waals surface area contributed by atoms with Gasteiger partial charge in [-0.25, -0.2) is 9.97 Å². The van der Waals surface area contributed by atoms with Crippen LogP contribution in [0, 0.1) is 13.8 Å². The molecule has 4 aromatic heterocycles. The lowest BCUT2D eigenvalue weighted by atomic mass is 9.94. The van der Waals surface area contributed by atoms with Gasteiger partial charge in [0, 0.05) is 54.6 Å². The van der Waals surface area contributed by atoms with Crippen LogP contribution in [0.15, 0.2) is 183 Å². The van der Waals surface area contributed by atoms with Gasteiger partial charge in [-0.15, -0.1) is 0 Å². The molecule has 0 N–H and O–H groups in total. The number of para-hydroxylation sites is 2. The minimum Gasteiger partial charge on any atom is -0.456 e. The highest BCUT2D eigenvalue weighted by molar-refractivity contribution is 6.13. The largest absolute Gasteiger partial charge is 0.456 e. The van der Waals surface area contributed by atoms with Gasteiger partial charge in [0.2, 0.25) is 0 Å². The lowest BCUT2D eigenvalue weighted by molar-refractivity contribution is 0.668. The fourth-order valence-electron chi connectivity index (χ4n) is 8.84. The van der Waals surface area contributed by atoms with Crippen LogP contribution in [-0.2, 0) is 0 Å². The molecule has 0 aliphatic heterocycles. The van der Waals surface area contributed by atoms with Crippen LogP contribution in [0.4, 0.5) is 0 Å². The molecule has 0 fully saturated rings. The second-order valence-corrected chi connectivity index (χ2v) is 15.4. The Morgan fingerprint density at radius 3 is 1.69 bits per heavy atom. The van der Waals surface area contributed by atoms with Gasteiger partial charge in [0.05, 0.1) is 11.4 Å². The molecule has 59 heavy (non-hydrogen) atoms. The number of rotatable bonds is 5. The molecule has 0 amide bonds. The zero-order valence-corrected chi connectivity index (χ0v) is 32.3. The lowest BCUT2D eigenvalue weighted by Gasteiger charge is -2.16. The van der Waals surface area contributed by atoms with E-state index in [1.807, 2.05) is 48.5 Å². The molecule has 5 heteroatoms. The maximum atomic E-state index is 6.55. The third kappa shape index (κ3) is 5.32. The van der Waals surface area contributed by atoms with Crippen LogP contribution in [0.2, 0.25) is 0 Å². The van der Waals surface area contributed by atoms with E-state index < -0.39 is 0 Å². The number of aryl methyl sites for hydroxylation is 1. The first kappa shape index (κ1) is 33.4. The van der Waals surface area contributed by atoms with E-state index in [2.05, 4.69) is 135 Å². The summed E-state index contributed by atoms with van der Waals surface area (Å²) in [6, 6.07) is 58.9. The quantitative estimate of drug-likeness (QED) is 0.175. The van der Waals surface area contributed by atoms with Gasteiger partial charge < -0.3 is 13.3 Å². The van der Waals surface area contributed by atoms with Gasteiger partial charge in [0.1, 0.15) is 33.5 Å². The lowest BCUT2D eigenvalue weighted by Crippen LogP contribution is -2.01. The zero-order chi connectivity index (χ0) is 39.2. The molecule has 278 valence electrons. The summed E-state index contributed by atoms with van der Waals surface area (Å²) in [4.78, 5) is 10.9. The summed E-state index contributed by atoms with van der Waals surface area (Å²) in [6.45, 7) is 4.28. The Morgan fingerprint density at radius 1 is 0.339 bits per heavy atom. The highest BCUT2D eigenvalue weighted by Crippen LogP contribution is 2.42. The summed E-state index contributed by atoms with van der Waals surface area (Å²) in [7, 11) is 0. The van der Waals surface area contributed by atoms with E-state index in [4.69, 9.17) is 23.2 Å². The molecule has 12 rings (SSSR count). The van der Waals surface area contributed by atoms with Gasteiger partial charge >= 0.3 is 0 Å². The summed E-state index contributed by atoms with van der Waals surface area (Å²) in [5, 5.41) is 6.35. The van der Waals surface area contributed by atoms with Gasteiger partial charge in [0.25, 0.3) is 0 Å². The van der Waals surface area contributed by atoms with Crippen molar-refractivity contribution in [2.45, 2.75) is 13.8 Å². The number of nitrogens with zero attached hydrogens (tertiary/aromatic N) is 2. The maximum absolute atomic E-state index is 6.55. The fraction of sp³-hybridized carbons (Fsp3) is 0.0370. The Kier molecular flexibility index (Phi) is 7.29. The van der Waals surface area contributed by atoms with Gasteiger partial charge in [-0.05, 0) is 102 Å². The van der Waals surface area contributed by atoms with Crippen molar-refractivity contribution in [2.75, 3.05) is 0 Å². The van der Waals surface area contributed by atoms with E-state index in [0.717, 1.165) is 127 Å². The molecule has 8 aromatic carbocycles. The SMILES string of the molecule is Cc1ccc(-c2ccccc2)cc1-c1nc(-c2cccc3oc4ccc(-c5ccc6oc7ccccc7c6c5)cc4c23)nc(-c2ccc3c(c2)oc2ccccc23)c1C. The summed E-state index contributed by atoms with van der Waals surface area (Å²) in [6.07, 6.45) is 0. The van der Waals surface area contributed by atoms with Crippen molar-refractivity contribution in [2.24, 2.45) is 0 Å². The zero-order valence-electron chi connectivity index (χ0n) is 32.3. The number of fused-ring (bicyclic) bond motifs is 9. The maximum Gasteiger partial charge on any atom is 0.161 e. The molecule has 5 nitrogen and oxygen atoms in total. The number of furan rings is 3. The summed E-state index contributed by atoms with van der Waals surface area (Å²) < 4.78 is 19.1. The Balaban J connectivity index is 1.08. The molecule has 0 radical (unpaired) electrons. The van der Waals surface area contributed by atoms with Crippen LogP contribution in [0.1, 0.15) is 11.1 Å². The third-order valence-electron chi connectivity index (χ3n) is 11.8. The number of aromatic nitrogens is 2. The Labute approximate surface area is 338 Å². The standard InChI is InChI=1S/C54H34N2O3/c1-31-19-20-34(33-11-4-3-5-12-33)27-42(31)53-32(2)52(37-21-24-40-38-13-6-8-16-45(38)59-50(40)30-37)55-54(56-53)41-15-10-18-49-51(41)44-29-36(23-26-48(44)58-49)35-22-25-47-43(28-35)39-14-7-9-17-46(39)57-47/h3-30H,1-2H3. The van der Waals surface area contributed by atoms with Crippen LogP contribution in [0.3, 0.4) is 0 Å². The van der Waals surface area contributed by atoms with Crippen molar-refractivity contribution in [3.8, 4) is 56.2 Å². The van der Waals surface area contributed by atoms with Crippen molar-refractivity contribution in [1.82, 2.24) is 9.97 Å². The van der Waals surface area contributed by atoms with Crippen LogP contribution < -0.4 is 0 Å². The second kappa shape index (κ2) is 12.9. The van der Waals surface area contributed by atoms with Crippen molar-refractivity contribution in [3.05, 3.63) is 181 Å². The van der Waals surface area contributed by atoms with Crippen LogP contribution in [0.25, 0.3) is 122 Å². The predicted octanol–water partition coefficient (Wildman–Crippen LogP) is 15.1. The normalized spacial score (nSPS) is 11.9. The van der Waals surface area contributed by atoms with E-state index >= 15 is 0 Å². The second-order valence-electron chi connectivity index (χ2n) is 15.4. The van der Waals surface area contributed by atoms with Gasteiger partial charge in [-0.1, -0.05) is 109 Å². The molecule has 0 spiro atoms. The molecule has 0 bridgehead atoms. The van der Waals surface area contributed by atoms with Crippen molar-refractivity contribution in [3.63, 3.8) is 0 Å². The highest BCUT2D eigenvalue weighted by Gasteiger charge is 2.22. The van der Waals surface area contributed by atoms with E-state index in [9.17, 15) is 0 Å². The predicted molar refractivity (Wildman–Crippen MR) is 241 cm³/mol. The molecule has 0 saturated heterocycles. The molecule has 0 unspecified atom stereocenters. The molecule has 12 aromatic rings. The molecule has 0 aliphatic rings. The fourth-order valence-corrected chi connectivity index (χ4v) is 8.84. The Morgan fingerprint density at radius 2 is 0.898 bits per heavy atom. The molecule has 4 heterocycles. The van der Waals surface area contributed by atoms with Crippen LogP contribution in [-0.4, -0.2) is 9.97 Å². The number of hydrogen-bond donors (Lipinski definition) is 0. The first-order chi connectivity index (χ1) is 29.0. The van der Waals surface area contributed by atoms with Crippen molar-refractivity contribution < 1.29 is 13.3 Å². The topological polar surface area (TPSA) is 65.2 Å². The molecular formula is C54H34N2O3. The average molecular weight is 759 g/mol. The molecule has 0 aliphatic carbocycles. The Hall–Kier alpha value is -7.76. The summed E-state index contributed by atoms with van der Waals surface area (Å²) >= 11 is 0. The molecule has 0 saturated carbocycles. The summed E-state index contributed by atoms with van der Waals surface area (Å²) in [5.41, 5.74) is 16.3. The van der Waals surface area contributed by atoms with E-state index in [1.165, 1.54) is 0 Å². The Bertz CT molecular complexity index is 3640. The van der Waals surface area contributed by atoms with Gasteiger partial charge in [0.15, 0.2) is 5.82 Å². The monoisotopic (exact) mass is 758 g/mol. The van der Waals surface area contributed by atoms with E-state index in [1.54, 1.807) is 0 Å². The first-order valence-corrected chi connectivity index (χ1v) is 19.9. The third-order valence-corrected chi connectivity index (χ3v) is 11.8. The average Bonchev–Trinajstić information content (AvgIpc) is 3.97. The summed E-state index contributed by atoms with van der Waals surface area (Å²) in [5.74, 6) is 0.625. The van der Waals surface area contributed by atoms with Gasteiger partial charge in [-0.2, -0.15) is 0 Å². The van der Waals surface area contributed by atoms with E-state index in [0.29, 0.717) is 5.82 Å². The highest BCUT2D eigenvalue weighted by atomic mass is 16.3. The van der Waals surface area contributed by atoms with E-state index in [-0.39, 0.29) is 0 Å². The van der Waals surface area contributed by atoms with Crippen molar-refractivity contribution in [1.29, 1.82) is 0 Å². The first-order valence-electron chi connectivity index (χ1n) is 19.9. The molecular weight excluding hydrogens is 725 g/mol. The molecule has 0 atom stereocenters. The van der Waals surface area contributed by atoms with Crippen molar-refractivity contribution >= 4 is 65.8 Å². The minimum atomic E-state index is 0.625. The number of benzene rings is 8. The van der Waals surface area contributed by atoms with Crippen LogP contribution in [0.5, 0.6) is 0 Å². The minimum absolute atomic E-state index is 0.625. The van der Waals surface area contributed by atoms with Crippen LogP contribution >= 0.6 is 0 Å². The smallest absolute Gasteiger partial charge is 0.161 e.